The number of amides is 2. The summed E-state index contributed by atoms with van der Waals surface area (Å²) in [5, 5.41) is 3.91. The van der Waals surface area contributed by atoms with Crippen LogP contribution < -0.4 is 11.1 Å². The Hall–Kier alpha value is -2.51. The van der Waals surface area contributed by atoms with Gasteiger partial charge in [-0.25, -0.2) is 4.98 Å². The number of fused-ring (bicyclic) bond motifs is 1. The Bertz CT molecular complexity index is 1020. The van der Waals surface area contributed by atoms with Crippen molar-refractivity contribution in [2.24, 2.45) is 5.73 Å². The van der Waals surface area contributed by atoms with E-state index in [2.05, 4.69) is 21.8 Å². The maximum absolute atomic E-state index is 12.6. The number of hydrogen-bond acceptors (Lipinski definition) is 4. The second-order valence-corrected chi connectivity index (χ2v) is 8.11. The zero-order chi connectivity index (χ0) is 20.3. The molecule has 0 aliphatic carbocycles. The molecule has 28 heavy (non-hydrogen) atoms. The summed E-state index contributed by atoms with van der Waals surface area (Å²) in [5.74, 6) is -0.651. The summed E-state index contributed by atoms with van der Waals surface area (Å²) in [4.78, 5) is 28.4. The maximum atomic E-state index is 12.6. The van der Waals surface area contributed by atoms with Crippen molar-refractivity contribution in [2.45, 2.75) is 37.2 Å². The molecule has 0 saturated carbocycles. The standard InChI is InChI=1S/C20H21ClN4O2S/c1-3-10-25-17-9-6-14(21)11-16(17)24-20(25)28-12(2)19(27)23-15-7-4-13(5-8-15)18(22)26/h4-9,11-12H,3,10H2,1-2H3,(H2,22,26)(H,23,27)/t12-/m0/s1. The minimum absolute atomic E-state index is 0.148. The molecule has 0 fully saturated rings. The molecular formula is C20H21ClN4O2S. The van der Waals surface area contributed by atoms with E-state index in [1.54, 1.807) is 24.3 Å². The number of nitrogens with one attached hydrogen (secondary N) is 1. The molecule has 0 saturated heterocycles. The molecule has 0 spiro atoms. The van der Waals surface area contributed by atoms with E-state index in [-0.39, 0.29) is 11.2 Å². The summed E-state index contributed by atoms with van der Waals surface area (Å²) >= 11 is 7.49. The quantitative estimate of drug-likeness (QED) is 0.561. The van der Waals surface area contributed by atoms with Crippen LogP contribution in [0.2, 0.25) is 5.02 Å². The van der Waals surface area contributed by atoms with E-state index in [0.29, 0.717) is 16.3 Å². The molecular weight excluding hydrogens is 396 g/mol. The number of nitrogens with two attached hydrogens (primary N) is 1. The number of imidazole rings is 1. The molecule has 3 aromatic rings. The molecule has 1 aromatic heterocycles. The lowest BCUT2D eigenvalue weighted by Crippen LogP contribution is -2.23. The van der Waals surface area contributed by atoms with E-state index in [9.17, 15) is 9.59 Å². The van der Waals surface area contributed by atoms with Crippen molar-refractivity contribution < 1.29 is 9.59 Å². The molecule has 0 aliphatic rings. The number of thioether (sulfide) groups is 1. The topological polar surface area (TPSA) is 90.0 Å². The Kier molecular flexibility index (Phi) is 6.26. The van der Waals surface area contributed by atoms with Crippen LogP contribution in [-0.2, 0) is 11.3 Å². The molecule has 0 radical (unpaired) electrons. The maximum Gasteiger partial charge on any atom is 0.248 e. The average molecular weight is 417 g/mol. The fourth-order valence-corrected chi connectivity index (χ4v) is 3.90. The minimum Gasteiger partial charge on any atom is -0.366 e. The van der Waals surface area contributed by atoms with Crippen LogP contribution in [0.1, 0.15) is 30.6 Å². The van der Waals surface area contributed by atoms with Crippen LogP contribution in [0.4, 0.5) is 5.69 Å². The van der Waals surface area contributed by atoms with Crippen LogP contribution in [0.3, 0.4) is 0 Å². The van der Waals surface area contributed by atoms with Crippen LogP contribution in [0, 0.1) is 0 Å². The summed E-state index contributed by atoms with van der Waals surface area (Å²) in [6.07, 6.45) is 0.953. The monoisotopic (exact) mass is 416 g/mol. The van der Waals surface area contributed by atoms with Crippen molar-refractivity contribution in [3.63, 3.8) is 0 Å². The molecule has 146 valence electrons. The van der Waals surface area contributed by atoms with Crippen LogP contribution in [0.15, 0.2) is 47.6 Å². The van der Waals surface area contributed by atoms with Gasteiger partial charge in [-0.1, -0.05) is 30.3 Å². The van der Waals surface area contributed by atoms with Gasteiger partial charge in [0.2, 0.25) is 11.8 Å². The lowest BCUT2D eigenvalue weighted by molar-refractivity contribution is -0.115. The number of rotatable bonds is 7. The highest BCUT2D eigenvalue weighted by Gasteiger charge is 2.19. The minimum atomic E-state index is -0.503. The molecule has 0 aliphatic heterocycles. The molecule has 2 amide bonds. The fraction of sp³-hybridized carbons (Fsp3) is 0.250. The highest BCUT2D eigenvalue weighted by molar-refractivity contribution is 8.00. The Balaban J connectivity index is 1.76. The summed E-state index contributed by atoms with van der Waals surface area (Å²) in [6, 6.07) is 12.1. The van der Waals surface area contributed by atoms with Crippen LogP contribution >= 0.6 is 23.4 Å². The number of anilines is 1. The molecule has 1 atom stereocenters. The number of carbonyl (C=O) groups is 2. The zero-order valence-electron chi connectivity index (χ0n) is 15.6. The van der Waals surface area contributed by atoms with Gasteiger partial charge in [0.15, 0.2) is 5.16 Å². The normalized spacial score (nSPS) is 12.1. The van der Waals surface area contributed by atoms with E-state index >= 15 is 0 Å². The molecule has 2 aromatic carbocycles. The van der Waals surface area contributed by atoms with E-state index < -0.39 is 5.91 Å². The van der Waals surface area contributed by atoms with Crippen LogP contribution in [-0.4, -0.2) is 26.6 Å². The van der Waals surface area contributed by atoms with E-state index in [1.807, 2.05) is 25.1 Å². The molecule has 8 heteroatoms. The number of aromatic nitrogens is 2. The van der Waals surface area contributed by atoms with E-state index in [1.165, 1.54) is 11.8 Å². The van der Waals surface area contributed by atoms with Crippen LogP contribution in [0.25, 0.3) is 11.0 Å². The van der Waals surface area contributed by atoms with Crippen LogP contribution in [0.5, 0.6) is 0 Å². The number of nitrogens with zero attached hydrogens (tertiary/aromatic N) is 2. The number of benzene rings is 2. The highest BCUT2D eigenvalue weighted by Crippen LogP contribution is 2.29. The first-order chi connectivity index (χ1) is 13.4. The highest BCUT2D eigenvalue weighted by atomic mass is 35.5. The number of halogens is 1. The third-order valence-corrected chi connectivity index (χ3v) is 5.54. The van der Waals surface area contributed by atoms with Crippen molar-refractivity contribution in [3.8, 4) is 0 Å². The van der Waals surface area contributed by atoms with Crippen molar-refractivity contribution >= 4 is 51.9 Å². The van der Waals surface area contributed by atoms with Gasteiger partial charge < -0.3 is 15.6 Å². The van der Waals surface area contributed by atoms with Gasteiger partial charge in [0.1, 0.15) is 0 Å². The number of primary amides is 1. The Morgan fingerprint density at radius 2 is 1.96 bits per heavy atom. The number of hydrogen-bond donors (Lipinski definition) is 2. The van der Waals surface area contributed by atoms with Crippen molar-refractivity contribution in [1.29, 1.82) is 0 Å². The Labute approximate surface area is 172 Å². The summed E-state index contributed by atoms with van der Waals surface area (Å²) in [5.41, 5.74) is 8.06. The molecule has 0 bridgehead atoms. The first kappa shape index (κ1) is 20.2. The smallest absolute Gasteiger partial charge is 0.248 e. The molecule has 1 heterocycles. The average Bonchev–Trinajstić information content (AvgIpc) is 2.98. The summed E-state index contributed by atoms with van der Waals surface area (Å²) in [7, 11) is 0. The third kappa shape index (κ3) is 4.48. The molecule has 6 nitrogen and oxygen atoms in total. The van der Waals surface area contributed by atoms with Gasteiger partial charge >= 0.3 is 0 Å². The predicted octanol–water partition coefficient (Wildman–Crippen LogP) is 4.32. The Morgan fingerprint density at radius 1 is 1.25 bits per heavy atom. The zero-order valence-corrected chi connectivity index (χ0v) is 17.2. The van der Waals surface area contributed by atoms with E-state index in [0.717, 1.165) is 29.2 Å². The predicted molar refractivity (Wildman–Crippen MR) is 114 cm³/mol. The van der Waals surface area contributed by atoms with Gasteiger partial charge in [0, 0.05) is 22.8 Å². The summed E-state index contributed by atoms with van der Waals surface area (Å²) < 4.78 is 2.11. The lowest BCUT2D eigenvalue weighted by atomic mass is 10.2. The van der Waals surface area contributed by atoms with E-state index in [4.69, 9.17) is 17.3 Å². The molecule has 3 rings (SSSR count). The summed E-state index contributed by atoms with van der Waals surface area (Å²) in [6.45, 7) is 4.74. The van der Waals surface area contributed by atoms with Gasteiger partial charge in [-0.05, 0) is 55.8 Å². The molecule has 0 unspecified atom stereocenters. The fourth-order valence-electron chi connectivity index (χ4n) is 2.78. The van der Waals surface area contributed by atoms with Crippen molar-refractivity contribution in [3.05, 3.63) is 53.1 Å². The lowest BCUT2D eigenvalue weighted by Gasteiger charge is -2.13. The number of aryl methyl sites for hydroxylation is 1. The second kappa shape index (κ2) is 8.67. The Morgan fingerprint density at radius 3 is 2.61 bits per heavy atom. The van der Waals surface area contributed by atoms with Gasteiger partial charge in [0.25, 0.3) is 0 Å². The van der Waals surface area contributed by atoms with Gasteiger partial charge in [-0.3, -0.25) is 9.59 Å². The van der Waals surface area contributed by atoms with Gasteiger partial charge in [-0.15, -0.1) is 0 Å². The van der Waals surface area contributed by atoms with Crippen molar-refractivity contribution in [2.75, 3.05) is 5.32 Å². The third-order valence-electron chi connectivity index (χ3n) is 4.21. The molecule has 3 N–H and O–H groups in total. The first-order valence-electron chi connectivity index (χ1n) is 8.92. The van der Waals surface area contributed by atoms with Gasteiger partial charge in [0.05, 0.1) is 16.3 Å². The number of carbonyl (C=O) groups excluding carboxylic acids is 2. The van der Waals surface area contributed by atoms with Gasteiger partial charge in [-0.2, -0.15) is 0 Å². The second-order valence-electron chi connectivity index (χ2n) is 6.37. The largest absolute Gasteiger partial charge is 0.366 e. The van der Waals surface area contributed by atoms with Crippen molar-refractivity contribution in [1.82, 2.24) is 9.55 Å². The first-order valence-corrected chi connectivity index (χ1v) is 10.2. The SMILES string of the molecule is CCCn1c(S[C@@H](C)C(=O)Nc2ccc(C(N)=O)cc2)nc2cc(Cl)ccc21.